The van der Waals surface area contributed by atoms with Gasteiger partial charge in [-0.2, -0.15) is 0 Å². The third-order valence-electron chi connectivity index (χ3n) is 16.8. The van der Waals surface area contributed by atoms with E-state index in [0.717, 1.165) is 55.8 Å². The van der Waals surface area contributed by atoms with Gasteiger partial charge < -0.3 is 13.9 Å². The summed E-state index contributed by atoms with van der Waals surface area (Å²) < 4.78 is 9.80. The van der Waals surface area contributed by atoms with Gasteiger partial charge in [0, 0.05) is 49.5 Å². The second-order valence-electron chi connectivity index (χ2n) is 20.7. The maximum absolute atomic E-state index is 7.42. The largest absolute Gasteiger partial charge is 0.453 e. The summed E-state index contributed by atoms with van der Waals surface area (Å²) in [4.78, 5) is 2.51. The van der Waals surface area contributed by atoms with Crippen molar-refractivity contribution in [2.24, 2.45) is 0 Å². The minimum Gasteiger partial charge on any atom is -0.453 e. The Balaban J connectivity index is 0.925. The molecule has 3 aliphatic rings. The van der Waals surface area contributed by atoms with E-state index < -0.39 is 5.41 Å². The second kappa shape index (κ2) is 14.7. The fraction of sp³-hybridized carbons (Fsp3) is 0.0571. The topological polar surface area (TPSA) is 21.3 Å². The van der Waals surface area contributed by atoms with Crippen molar-refractivity contribution >= 4 is 60.8 Å². The van der Waals surface area contributed by atoms with Crippen LogP contribution in [0.15, 0.2) is 247 Å². The summed E-state index contributed by atoms with van der Waals surface area (Å²) in [5, 5.41) is 4.68. The summed E-state index contributed by atoms with van der Waals surface area (Å²) in [6.45, 7) is 4.75. The van der Waals surface area contributed by atoms with Crippen molar-refractivity contribution in [3.63, 3.8) is 0 Å². The van der Waals surface area contributed by atoms with Crippen molar-refractivity contribution in [1.82, 2.24) is 4.57 Å². The quantitative estimate of drug-likeness (QED) is 0.171. The summed E-state index contributed by atoms with van der Waals surface area (Å²) in [5.41, 5.74) is 25.6. The van der Waals surface area contributed by atoms with E-state index >= 15 is 0 Å². The normalized spacial score (nSPS) is 14.1. The van der Waals surface area contributed by atoms with E-state index in [4.69, 9.17) is 4.42 Å². The van der Waals surface area contributed by atoms with Gasteiger partial charge >= 0.3 is 0 Å². The molecular formula is C70H46N2O. The van der Waals surface area contributed by atoms with Gasteiger partial charge in [-0.05, 0) is 115 Å². The van der Waals surface area contributed by atoms with Crippen LogP contribution < -0.4 is 4.90 Å². The molecule has 73 heavy (non-hydrogen) atoms. The predicted octanol–water partition coefficient (Wildman–Crippen LogP) is 18.5. The van der Waals surface area contributed by atoms with E-state index in [1.54, 1.807) is 0 Å². The molecule has 3 heteroatoms. The highest BCUT2D eigenvalue weighted by atomic mass is 16.3. The van der Waals surface area contributed by atoms with Crippen LogP contribution in [0.25, 0.3) is 93.9 Å². The second-order valence-corrected chi connectivity index (χ2v) is 20.7. The lowest BCUT2D eigenvalue weighted by Gasteiger charge is -2.32. The van der Waals surface area contributed by atoms with E-state index in [-0.39, 0.29) is 5.41 Å². The molecule has 0 aliphatic heterocycles. The van der Waals surface area contributed by atoms with Crippen LogP contribution in [0.5, 0.6) is 0 Å². The Bertz CT molecular complexity index is 4390. The first-order valence-corrected chi connectivity index (χ1v) is 25.5. The fourth-order valence-electron chi connectivity index (χ4n) is 13.7. The molecule has 0 fully saturated rings. The Kier molecular flexibility index (Phi) is 8.16. The minimum atomic E-state index is -0.486. The zero-order valence-electron chi connectivity index (χ0n) is 40.4. The van der Waals surface area contributed by atoms with Crippen molar-refractivity contribution in [3.8, 4) is 50.2 Å². The summed E-state index contributed by atoms with van der Waals surface area (Å²) in [7, 11) is 0. The van der Waals surface area contributed by atoms with E-state index in [1.807, 2.05) is 0 Å². The van der Waals surface area contributed by atoms with Crippen LogP contribution in [0.2, 0.25) is 0 Å². The van der Waals surface area contributed by atoms with Gasteiger partial charge in [-0.15, -0.1) is 0 Å². The number of hydrogen-bond acceptors (Lipinski definition) is 2. The van der Waals surface area contributed by atoms with Gasteiger partial charge in [0.1, 0.15) is 5.58 Å². The zero-order valence-corrected chi connectivity index (χ0v) is 40.4. The van der Waals surface area contributed by atoms with E-state index in [0.29, 0.717) is 0 Å². The number of rotatable bonds is 5. The molecule has 2 heterocycles. The Hall–Kier alpha value is -9.18. The first kappa shape index (κ1) is 40.5. The molecule has 0 saturated carbocycles. The average molecular weight is 931 g/mol. The van der Waals surface area contributed by atoms with Gasteiger partial charge in [-0.3, -0.25) is 0 Å². The first-order valence-electron chi connectivity index (χ1n) is 25.5. The third-order valence-corrected chi connectivity index (χ3v) is 16.8. The average Bonchev–Trinajstić information content (AvgIpc) is 4.22. The molecule has 0 unspecified atom stereocenters. The number of nitrogens with zero attached hydrogens (tertiary/aromatic N) is 2. The lowest BCUT2D eigenvalue weighted by Crippen LogP contribution is -2.26. The highest BCUT2D eigenvalue weighted by molar-refractivity contribution is 6.15. The summed E-state index contributed by atoms with van der Waals surface area (Å²) in [6, 6.07) is 90.0. The van der Waals surface area contributed by atoms with Gasteiger partial charge in [0.25, 0.3) is 0 Å². The highest BCUT2D eigenvalue weighted by Crippen LogP contribution is 2.65. The van der Waals surface area contributed by atoms with Gasteiger partial charge in [-0.25, -0.2) is 0 Å². The molecular weight excluding hydrogens is 885 g/mol. The van der Waals surface area contributed by atoms with E-state index in [2.05, 4.69) is 266 Å². The summed E-state index contributed by atoms with van der Waals surface area (Å²) in [6.07, 6.45) is 0. The predicted molar refractivity (Wildman–Crippen MR) is 302 cm³/mol. The van der Waals surface area contributed by atoms with Crippen LogP contribution in [0, 0.1) is 0 Å². The van der Waals surface area contributed by atoms with Crippen molar-refractivity contribution in [3.05, 3.63) is 276 Å². The fourth-order valence-corrected chi connectivity index (χ4v) is 13.7. The van der Waals surface area contributed by atoms with Crippen LogP contribution >= 0.6 is 0 Å². The van der Waals surface area contributed by atoms with Crippen LogP contribution in [0.3, 0.4) is 0 Å². The van der Waals surface area contributed by atoms with Gasteiger partial charge in [0.05, 0.1) is 27.8 Å². The molecule has 0 N–H and O–H groups in total. The Morgan fingerprint density at radius 1 is 0.356 bits per heavy atom. The smallest absolute Gasteiger partial charge is 0.159 e. The number of furan rings is 1. The van der Waals surface area contributed by atoms with Crippen LogP contribution in [-0.4, -0.2) is 4.57 Å². The van der Waals surface area contributed by atoms with Crippen LogP contribution in [-0.2, 0) is 10.8 Å². The van der Waals surface area contributed by atoms with Gasteiger partial charge in [-0.1, -0.05) is 208 Å². The van der Waals surface area contributed by atoms with Crippen LogP contribution in [0.4, 0.5) is 17.1 Å². The molecule has 13 aromatic rings. The van der Waals surface area contributed by atoms with Gasteiger partial charge in [0.15, 0.2) is 5.58 Å². The SMILES string of the molecule is CC1(C)c2ccccc2-c2ccc(N(c3cccc4c3-c3ccccc3C43c4ccccc4-c4ccccc43)c3cccc4c3oc3c(-c5ccc(-n6c7ccccc7c7ccccc76)cc5)cccc34)cc21. The number of anilines is 3. The molecule has 0 saturated heterocycles. The van der Waals surface area contributed by atoms with Crippen LogP contribution in [0.1, 0.15) is 47.2 Å². The third kappa shape index (κ3) is 5.28. The van der Waals surface area contributed by atoms with E-state index in [9.17, 15) is 0 Å². The molecule has 16 rings (SSSR count). The molecule has 0 atom stereocenters. The lowest BCUT2D eigenvalue weighted by atomic mass is 9.70. The van der Waals surface area contributed by atoms with Crippen molar-refractivity contribution in [2.75, 3.05) is 4.90 Å². The first-order chi connectivity index (χ1) is 36.0. The Morgan fingerprint density at radius 3 is 1.52 bits per heavy atom. The molecule has 3 nitrogen and oxygen atoms in total. The molecule has 3 aliphatic carbocycles. The molecule has 2 aromatic heterocycles. The molecule has 0 bridgehead atoms. The highest BCUT2D eigenvalue weighted by Gasteiger charge is 2.52. The molecule has 11 aromatic carbocycles. The van der Waals surface area contributed by atoms with Crippen molar-refractivity contribution in [1.29, 1.82) is 0 Å². The molecule has 0 amide bonds. The number of benzene rings is 11. The zero-order chi connectivity index (χ0) is 48.2. The molecule has 0 radical (unpaired) electrons. The summed E-state index contributed by atoms with van der Waals surface area (Å²) in [5.74, 6) is 0. The Labute approximate surface area is 423 Å². The lowest BCUT2D eigenvalue weighted by molar-refractivity contribution is 0.660. The Morgan fingerprint density at radius 2 is 0.836 bits per heavy atom. The van der Waals surface area contributed by atoms with Gasteiger partial charge in [0.2, 0.25) is 0 Å². The molecule has 342 valence electrons. The van der Waals surface area contributed by atoms with Crippen molar-refractivity contribution < 1.29 is 4.42 Å². The number of fused-ring (bicyclic) bond motifs is 19. The minimum absolute atomic E-state index is 0.197. The standard InChI is InChI=1S/C70H46N2O/c1-69(2)56-27-9-3-18-47(56)50-41-40-45(42-61(50)69)72(64-34-17-31-60-66(64)55-23-6-12-30-59(55)70(60)57-28-10-4-19-48(57)49-20-5-11-29-58(49)70)65-35-16-26-54-53-25-15-24-46(67(53)73-68(54)65)43-36-38-44(39-37-43)71-62-32-13-7-21-51(62)52-22-8-14-33-63(52)71/h3-42H,1-2H3. The van der Waals surface area contributed by atoms with E-state index in [1.165, 1.54) is 88.6 Å². The molecule has 1 spiro atoms. The number of aromatic nitrogens is 1. The number of hydrogen-bond donors (Lipinski definition) is 0. The maximum Gasteiger partial charge on any atom is 0.159 e. The van der Waals surface area contributed by atoms with Crippen molar-refractivity contribution in [2.45, 2.75) is 24.7 Å². The summed E-state index contributed by atoms with van der Waals surface area (Å²) >= 11 is 0. The maximum atomic E-state index is 7.42. The monoisotopic (exact) mass is 930 g/mol. The number of para-hydroxylation sites is 4.